The zero-order valence-corrected chi connectivity index (χ0v) is 16.7. The number of hydrogen-bond donors (Lipinski definition) is 2. The van der Waals surface area contributed by atoms with Crippen LogP contribution in [-0.2, 0) is 4.79 Å². The number of hydrogen-bond acceptors (Lipinski definition) is 6. The Morgan fingerprint density at radius 1 is 1.20 bits per heavy atom. The molecular weight excluding hydrogens is 384 g/mol. The first kappa shape index (κ1) is 19.3. The van der Waals surface area contributed by atoms with Gasteiger partial charge in [0.25, 0.3) is 5.91 Å². The van der Waals surface area contributed by atoms with Crippen molar-refractivity contribution in [3.05, 3.63) is 65.9 Å². The predicted molar refractivity (Wildman–Crippen MR) is 110 cm³/mol. The molecular formula is C21H20N6O3. The Hall–Kier alpha value is -4.01. The average molecular weight is 404 g/mol. The number of nitrogens with zero attached hydrogens (tertiary/aromatic N) is 4. The Labute approximate surface area is 172 Å². The molecule has 2 N–H and O–H groups in total. The van der Waals surface area contributed by atoms with Crippen LogP contribution in [0, 0.1) is 6.92 Å². The van der Waals surface area contributed by atoms with Crippen LogP contribution in [0.3, 0.4) is 0 Å². The summed E-state index contributed by atoms with van der Waals surface area (Å²) in [7, 11) is 0. The molecule has 3 aromatic heterocycles. The third-order valence-corrected chi connectivity index (χ3v) is 4.63. The summed E-state index contributed by atoms with van der Waals surface area (Å²) >= 11 is 0. The Morgan fingerprint density at radius 2 is 2.03 bits per heavy atom. The molecule has 9 nitrogen and oxygen atoms in total. The normalized spacial score (nSPS) is 12.0. The van der Waals surface area contributed by atoms with Gasteiger partial charge in [-0.15, -0.1) is 0 Å². The summed E-state index contributed by atoms with van der Waals surface area (Å²) in [5.74, 6) is 0.210. The first-order valence-corrected chi connectivity index (χ1v) is 9.37. The Bertz CT molecular complexity index is 1240. The molecule has 30 heavy (non-hydrogen) atoms. The van der Waals surface area contributed by atoms with E-state index < -0.39 is 6.04 Å². The standard InChI is InChI=1S/C21H20N6O3/c1-12-7-8-15(19-25-21(30-26-19)13(2)23-14(3)28)10-16(12)24-20(29)17-11-22-18-6-4-5-9-27(17)18/h4-11,13H,1-3H3,(H,23,28)(H,24,29). The quantitative estimate of drug-likeness (QED) is 0.528. The monoisotopic (exact) mass is 404 g/mol. The summed E-state index contributed by atoms with van der Waals surface area (Å²) in [6.45, 7) is 5.08. The number of amides is 2. The lowest BCUT2D eigenvalue weighted by Gasteiger charge is -2.09. The van der Waals surface area contributed by atoms with Crippen LogP contribution in [0.5, 0.6) is 0 Å². The van der Waals surface area contributed by atoms with E-state index in [1.54, 1.807) is 29.8 Å². The number of aryl methyl sites for hydroxylation is 1. The number of carbonyl (C=O) groups excluding carboxylic acids is 2. The third kappa shape index (κ3) is 3.77. The van der Waals surface area contributed by atoms with Gasteiger partial charge in [-0.25, -0.2) is 4.98 Å². The molecule has 0 saturated carbocycles. The van der Waals surface area contributed by atoms with Crippen LogP contribution in [-0.4, -0.2) is 31.3 Å². The van der Waals surface area contributed by atoms with E-state index in [4.69, 9.17) is 4.52 Å². The third-order valence-electron chi connectivity index (χ3n) is 4.63. The maximum Gasteiger partial charge on any atom is 0.274 e. The first-order valence-electron chi connectivity index (χ1n) is 9.37. The number of carbonyl (C=O) groups is 2. The highest BCUT2D eigenvalue weighted by Gasteiger charge is 2.18. The number of pyridine rings is 1. The van der Waals surface area contributed by atoms with Gasteiger partial charge in [0.15, 0.2) is 0 Å². The minimum atomic E-state index is -0.400. The van der Waals surface area contributed by atoms with Crippen molar-refractivity contribution < 1.29 is 14.1 Å². The number of imidazole rings is 1. The average Bonchev–Trinajstić information content (AvgIpc) is 3.36. The van der Waals surface area contributed by atoms with Gasteiger partial charge < -0.3 is 15.2 Å². The Kier molecular flexibility index (Phi) is 5.01. The molecule has 4 aromatic rings. The van der Waals surface area contributed by atoms with Crippen molar-refractivity contribution in [3.63, 3.8) is 0 Å². The molecule has 0 spiro atoms. The first-order chi connectivity index (χ1) is 14.4. The van der Waals surface area contributed by atoms with Gasteiger partial charge in [-0.2, -0.15) is 4.98 Å². The summed E-state index contributed by atoms with van der Waals surface area (Å²) in [6.07, 6.45) is 3.33. The van der Waals surface area contributed by atoms with Crippen LogP contribution in [0.2, 0.25) is 0 Å². The molecule has 0 radical (unpaired) electrons. The van der Waals surface area contributed by atoms with Crippen LogP contribution in [0.1, 0.15) is 41.8 Å². The maximum atomic E-state index is 12.8. The summed E-state index contributed by atoms with van der Waals surface area (Å²) in [6, 6.07) is 10.6. The van der Waals surface area contributed by atoms with Crippen molar-refractivity contribution >= 4 is 23.1 Å². The Morgan fingerprint density at radius 3 is 2.83 bits per heavy atom. The molecule has 1 unspecified atom stereocenters. The van der Waals surface area contributed by atoms with E-state index in [9.17, 15) is 9.59 Å². The molecule has 0 bridgehead atoms. The van der Waals surface area contributed by atoms with Gasteiger partial charge in [-0.3, -0.25) is 14.0 Å². The second-order valence-corrected chi connectivity index (χ2v) is 6.93. The highest BCUT2D eigenvalue weighted by atomic mass is 16.5. The summed E-state index contributed by atoms with van der Waals surface area (Å²) in [5.41, 5.74) is 3.32. The lowest BCUT2D eigenvalue weighted by molar-refractivity contribution is -0.119. The molecule has 3 heterocycles. The summed E-state index contributed by atoms with van der Waals surface area (Å²) < 4.78 is 6.99. The SMILES string of the molecule is CC(=O)NC(C)c1nc(-c2ccc(C)c(NC(=O)c3cnc4ccccn34)c2)no1. The van der Waals surface area contributed by atoms with E-state index in [0.29, 0.717) is 34.3 Å². The van der Waals surface area contributed by atoms with Crippen LogP contribution < -0.4 is 10.6 Å². The van der Waals surface area contributed by atoms with Crippen LogP contribution in [0.25, 0.3) is 17.0 Å². The van der Waals surface area contributed by atoms with Crippen molar-refractivity contribution in [2.24, 2.45) is 0 Å². The van der Waals surface area contributed by atoms with Gasteiger partial charge in [0.05, 0.1) is 6.20 Å². The molecule has 1 atom stereocenters. The zero-order chi connectivity index (χ0) is 21.3. The van der Waals surface area contributed by atoms with Crippen molar-refractivity contribution in [1.82, 2.24) is 24.8 Å². The van der Waals surface area contributed by atoms with E-state index in [-0.39, 0.29) is 11.8 Å². The van der Waals surface area contributed by atoms with Crippen LogP contribution >= 0.6 is 0 Å². The lowest BCUT2D eigenvalue weighted by Crippen LogP contribution is -2.23. The topological polar surface area (TPSA) is 114 Å². The number of rotatable bonds is 5. The van der Waals surface area contributed by atoms with E-state index in [1.165, 1.54) is 6.92 Å². The summed E-state index contributed by atoms with van der Waals surface area (Å²) in [5, 5.41) is 9.62. The number of nitrogens with one attached hydrogen (secondary N) is 2. The number of anilines is 1. The highest BCUT2D eigenvalue weighted by molar-refractivity contribution is 6.04. The number of benzene rings is 1. The van der Waals surface area contributed by atoms with Gasteiger partial charge in [0.1, 0.15) is 17.4 Å². The molecule has 0 fully saturated rings. The molecule has 0 saturated heterocycles. The number of aromatic nitrogens is 4. The van der Waals surface area contributed by atoms with Crippen molar-refractivity contribution in [3.8, 4) is 11.4 Å². The molecule has 1 aromatic carbocycles. The fraction of sp³-hybridized carbons (Fsp3) is 0.190. The van der Waals surface area contributed by atoms with Crippen LogP contribution in [0.4, 0.5) is 5.69 Å². The molecule has 9 heteroatoms. The second kappa shape index (κ2) is 7.78. The number of fused-ring (bicyclic) bond motifs is 1. The van der Waals surface area contributed by atoms with E-state index >= 15 is 0 Å². The predicted octanol–water partition coefficient (Wildman–Crippen LogP) is 3.14. The molecule has 0 aliphatic heterocycles. The minimum Gasteiger partial charge on any atom is -0.345 e. The largest absolute Gasteiger partial charge is 0.345 e. The smallest absolute Gasteiger partial charge is 0.274 e. The van der Waals surface area contributed by atoms with Crippen LogP contribution in [0.15, 0.2) is 53.3 Å². The van der Waals surface area contributed by atoms with E-state index in [0.717, 1.165) is 5.56 Å². The highest BCUT2D eigenvalue weighted by Crippen LogP contribution is 2.25. The van der Waals surface area contributed by atoms with Gasteiger partial charge in [-0.05, 0) is 37.6 Å². The van der Waals surface area contributed by atoms with Crippen molar-refractivity contribution in [1.29, 1.82) is 0 Å². The Balaban J connectivity index is 1.59. The second-order valence-electron chi connectivity index (χ2n) is 6.93. The fourth-order valence-corrected chi connectivity index (χ4v) is 3.08. The van der Waals surface area contributed by atoms with Gasteiger partial charge in [-0.1, -0.05) is 23.4 Å². The maximum absolute atomic E-state index is 12.8. The van der Waals surface area contributed by atoms with Crippen molar-refractivity contribution in [2.45, 2.75) is 26.8 Å². The van der Waals surface area contributed by atoms with E-state index in [1.807, 2.05) is 37.3 Å². The van der Waals surface area contributed by atoms with Crippen molar-refractivity contribution in [2.75, 3.05) is 5.32 Å². The van der Waals surface area contributed by atoms with Gasteiger partial charge in [0, 0.05) is 24.4 Å². The molecule has 0 aliphatic carbocycles. The molecule has 152 valence electrons. The van der Waals surface area contributed by atoms with Gasteiger partial charge >= 0.3 is 0 Å². The lowest BCUT2D eigenvalue weighted by atomic mass is 10.1. The summed E-state index contributed by atoms with van der Waals surface area (Å²) in [4.78, 5) is 32.6. The van der Waals surface area contributed by atoms with Gasteiger partial charge in [0.2, 0.25) is 17.6 Å². The zero-order valence-electron chi connectivity index (χ0n) is 16.7. The van der Waals surface area contributed by atoms with E-state index in [2.05, 4.69) is 25.8 Å². The molecule has 0 aliphatic rings. The fourth-order valence-electron chi connectivity index (χ4n) is 3.08. The minimum absolute atomic E-state index is 0.185. The molecule has 2 amide bonds. The molecule has 4 rings (SSSR count).